The van der Waals surface area contributed by atoms with E-state index in [-0.39, 0.29) is 12.5 Å². The molecule has 1 atom stereocenters. The second-order valence-corrected chi connectivity index (χ2v) is 3.98. The molecule has 1 saturated heterocycles. The van der Waals surface area contributed by atoms with Gasteiger partial charge in [-0.2, -0.15) is 0 Å². The molecule has 1 aliphatic rings. The number of nitrogens with zero attached hydrogens (tertiary/aromatic N) is 2. The van der Waals surface area contributed by atoms with E-state index in [1.54, 1.807) is 4.90 Å². The van der Waals surface area contributed by atoms with Gasteiger partial charge in [0, 0.05) is 26.2 Å². The smallest absolute Gasteiger partial charge is 0.332 e. The Balaban J connectivity index is 2.27. The first-order valence-electron chi connectivity index (χ1n) is 5.31. The van der Waals surface area contributed by atoms with Gasteiger partial charge in [0.2, 0.25) is 5.91 Å². The molecule has 0 bridgehead atoms. The summed E-state index contributed by atoms with van der Waals surface area (Å²) in [6.07, 6.45) is -0.934. The Morgan fingerprint density at radius 1 is 1.31 bits per heavy atom. The molecule has 1 fully saturated rings. The molecular weight excluding hydrogens is 212 g/mol. The van der Waals surface area contributed by atoms with Crippen molar-refractivity contribution in [2.24, 2.45) is 0 Å². The fraction of sp³-hybridized carbons (Fsp3) is 0.800. The molecule has 0 spiro atoms. The van der Waals surface area contributed by atoms with Gasteiger partial charge in [-0.25, -0.2) is 4.79 Å². The third kappa shape index (κ3) is 3.79. The van der Waals surface area contributed by atoms with Gasteiger partial charge >= 0.3 is 5.97 Å². The zero-order chi connectivity index (χ0) is 12.1. The molecule has 0 aromatic heterocycles. The van der Waals surface area contributed by atoms with E-state index in [4.69, 9.17) is 9.84 Å². The van der Waals surface area contributed by atoms with Crippen LogP contribution in [0.3, 0.4) is 0 Å². The number of carbonyl (C=O) groups excluding carboxylic acids is 1. The summed E-state index contributed by atoms with van der Waals surface area (Å²) in [7, 11) is 2.00. The molecule has 1 unspecified atom stereocenters. The fourth-order valence-corrected chi connectivity index (χ4v) is 1.41. The maximum atomic E-state index is 11.6. The van der Waals surface area contributed by atoms with Gasteiger partial charge in [-0.05, 0) is 14.0 Å². The molecule has 1 N–H and O–H groups in total. The van der Waals surface area contributed by atoms with Crippen LogP contribution >= 0.6 is 0 Å². The third-order valence-electron chi connectivity index (χ3n) is 2.66. The largest absolute Gasteiger partial charge is 0.479 e. The van der Waals surface area contributed by atoms with Crippen LogP contribution in [0.2, 0.25) is 0 Å². The monoisotopic (exact) mass is 230 g/mol. The van der Waals surface area contributed by atoms with E-state index >= 15 is 0 Å². The number of carbonyl (C=O) groups is 2. The number of carboxylic acids is 1. The van der Waals surface area contributed by atoms with Crippen LogP contribution in [0.25, 0.3) is 0 Å². The van der Waals surface area contributed by atoms with E-state index in [2.05, 4.69) is 4.90 Å². The molecule has 1 rings (SSSR count). The molecule has 0 saturated carbocycles. The van der Waals surface area contributed by atoms with Crippen molar-refractivity contribution in [1.29, 1.82) is 0 Å². The van der Waals surface area contributed by atoms with Crippen molar-refractivity contribution < 1.29 is 19.4 Å². The van der Waals surface area contributed by atoms with Gasteiger partial charge in [-0.15, -0.1) is 0 Å². The van der Waals surface area contributed by atoms with Crippen LogP contribution in [0.1, 0.15) is 6.92 Å². The molecule has 1 amide bonds. The lowest BCUT2D eigenvalue weighted by Crippen LogP contribution is -2.48. The van der Waals surface area contributed by atoms with Crippen molar-refractivity contribution in [3.05, 3.63) is 0 Å². The summed E-state index contributed by atoms with van der Waals surface area (Å²) in [4.78, 5) is 25.9. The topological polar surface area (TPSA) is 70.1 Å². The van der Waals surface area contributed by atoms with Crippen LogP contribution in [0.4, 0.5) is 0 Å². The van der Waals surface area contributed by atoms with Crippen LogP contribution in [0.5, 0.6) is 0 Å². The number of ether oxygens (including phenoxy) is 1. The van der Waals surface area contributed by atoms with E-state index in [0.29, 0.717) is 13.1 Å². The standard InChI is InChI=1S/C10H18N2O4/c1-8(10(14)15)16-7-9(13)12-5-3-11(2)4-6-12/h8H,3-7H2,1-2H3,(H,14,15). The summed E-state index contributed by atoms with van der Waals surface area (Å²) in [6.45, 7) is 4.32. The van der Waals surface area contributed by atoms with E-state index in [0.717, 1.165) is 13.1 Å². The molecule has 0 aliphatic carbocycles. The number of hydrogen-bond acceptors (Lipinski definition) is 4. The molecule has 1 aliphatic heterocycles. The molecule has 16 heavy (non-hydrogen) atoms. The van der Waals surface area contributed by atoms with Gasteiger partial charge in [-0.1, -0.05) is 0 Å². The predicted molar refractivity (Wildman–Crippen MR) is 57.1 cm³/mol. The molecule has 0 radical (unpaired) electrons. The SMILES string of the molecule is CC(OCC(=O)N1CCN(C)CC1)C(=O)O. The maximum absolute atomic E-state index is 11.6. The number of piperazine rings is 1. The first-order valence-corrected chi connectivity index (χ1v) is 5.31. The van der Waals surface area contributed by atoms with Crippen molar-refractivity contribution in [2.75, 3.05) is 39.8 Å². The van der Waals surface area contributed by atoms with Gasteiger partial charge in [0.15, 0.2) is 6.10 Å². The highest BCUT2D eigenvalue weighted by Gasteiger charge is 2.20. The van der Waals surface area contributed by atoms with Crippen molar-refractivity contribution in [1.82, 2.24) is 9.80 Å². The van der Waals surface area contributed by atoms with Crippen molar-refractivity contribution in [2.45, 2.75) is 13.0 Å². The molecule has 1 heterocycles. The Labute approximate surface area is 94.8 Å². The zero-order valence-corrected chi connectivity index (χ0v) is 9.68. The third-order valence-corrected chi connectivity index (χ3v) is 2.66. The maximum Gasteiger partial charge on any atom is 0.332 e. The summed E-state index contributed by atoms with van der Waals surface area (Å²) >= 11 is 0. The van der Waals surface area contributed by atoms with Gasteiger partial charge < -0.3 is 19.6 Å². The summed E-state index contributed by atoms with van der Waals surface area (Å²) < 4.78 is 4.94. The lowest BCUT2D eigenvalue weighted by atomic mass is 10.3. The van der Waals surface area contributed by atoms with Crippen LogP contribution in [0, 0.1) is 0 Å². The summed E-state index contributed by atoms with van der Waals surface area (Å²) in [6, 6.07) is 0. The van der Waals surface area contributed by atoms with Crippen LogP contribution in [-0.2, 0) is 14.3 Å². The Kier molecular flexibility index (Phi) is 4.70. The Morgan fingerprint density at radius 2 is 1.88 bits per heavy atom. The predicted octanol–water partition coefficient (Wildman–Crippen LogP) is -0.750. The Hall–Kier alpha value is -1.14. The number of likely N-dealkylation sites (N-methyl/N-ethyl adjacent to an activating group) is 1. The number of carboxylic acid groups (broad SMARTS) is 1. The Morgan fingerprint density at radius 3 is 2.38 bits per heavy atom. The van der Waals surface area contributed by atoms with E-state index in [9.17, 15) is 9.59 Å². The average molecular weight is 230 g/mol. The minimum absolute atomic E-state index is 0.138. The quantitative estimate of drug-likeness (QED) is 0.688. The van der Waals surface area contributed by atoms with E-state index < -0.39 is 12.1 Å². The van der Waals surface area contributed by atoms with Gasteiger partial charge in [0.05, 0.1) is 0 Å². The first kappa shape index (κ1) is 12.9. The average Bonchev–Trinajstić information content (AvgIpc) is 2.26. The second kappa shape index (κ2) is 5.81. The molecule has 6 heteroatoms. The molecule has 0 aromatic carbocycles. The minimum atomic E-state index is -1.05. The van der Waals surface area contributed by atoms with Crippen LogP contribution in [0.15, 0.2) is 0 Å². The van der Waals surface area contributed by atoms with Gasteiger partial charge in [0.1, 0.15) is 6.61 Å². The highest BCUT2D eigenvalue weighted by molar-refractivity contribution is 5.78. The summed E-state index contributed by atoms with van der Waals surface area (Å²) in [5.41, 5.74) is 0. The highest BCUT2D eigenvalue weighted by atomic mass is 16.5. The Bertz CT molecular complexity index is 262. The summed E-state index contributed by atoms with van der Waals surface area (Å²) in [5.74, 6) is -1.19. The molecule has 6 nitrogen and oxygen atoms in total. The lowest BCUT2D eigenvalue weighted by Gasteiger charge is -2.32. The minimum Gasteiger partial charge on any atom is -0.479 e. The first-order chi connectivity index (χ1) is 7.50. The van der Waals surface area contributed by atoms with E-state index in [1.807, 2.05) is 7.05 Å². The molecular formula is C10H18N2O4. The van der Waals surface area contributed by atoms with Crippen molar-refractivity contribution in [3.63, 3.8) is 0 Å². The van der Waals surface area contributed by atoms with Crippen molar-refractivity contribution >= 4 is 11.9 Å². The number of hydrogen-bond donors (Lipinski definition) is 1. The molecule has 92 valence electrons. The normalized spacial score (nSPS) is 19.5. The fourth-order valence-electron chi connectivity index (χ4n) is 1.41. The second-order valence-electron chi connectivity index (χ2n) is 3.98. The summed E-state index contributed by atoms with van der Waals surface area (Å²) in [5, 5.41) is 8.58. The van der Waals surface area contributed by atoms with Crippen molar-refractivity contribution in [3.8, 4) is 0 Å². The number of amides is 1. The number of rotatable bonds is 4. The van der Waals surface area contributed by atoms with E-state index in [1.165, 1.54) is 6.92 Å². The van der Waals surface area contributed by atoms with Crippen LogP contribution in [-0.4, -0.2) is 72.7 Å². The zero-order valence-electron chi connectivity index (χ0n) is 9.68. The molecule has 0 aromatic rings. The van der Waals surface area contributed by atoms with Gasteiger partial charge in [0.25, 0.3) is 0 Å². The number of aliphatic carboxylic acids is 1. The lowest BCUT2D eigenvalue weighted by molar-refractivity contribution is -0.153. The van der Waals surface area contributed by atoms with Gasteiger partial charge in [-0.3, -0.25) is 4.79 Å². The highest BCUT2D eigenvalue weighted by Crippen LogP contribution is 2.01. The van der Waals surface area contributed by atoms with Crippen LogP contribution < -0.4 is 0 Å².